The van der Waals surface area contributed by atoms with E-state index in [1.807, 2.05) is 0 Å². The largest absolute Gasteiger partial charge is 0.396 e. The van der Waals surface area contributed by atoms with Crippen molar-refractivity contribution >= 4 is 29.0 Å². The van der Waals surface area contributed by atoms with Crippen molar-refractivity contribution in [2.45, 2.75) is 99.6 Å². The van der Waals surface area contributed by atoms with E-state index in [1.54, 1.807) is 0 Å². The van der Waals surface area contributed by atoms with E-state index in [1.165, 1.54) is 0 Å². The van der Waals surface area contributed by atoms with Crippen molar-refractivity contribution in [1.82, 2.24) is 0 Å². The zero-order chi connectivity index (χ0) is 25.0. The zero-order valence-electron chi connectivity index (χ0n) is 17.4. The molecule has 0 aliphatic heterocycles. The van der Waals surface area contributed by atoms with Gasteiger partial charge in [-0.05, 0) is 12.8 Å². The minimum Gasteiger partial charge on any atom is -0.396 e. The van der Waals surface area contributed by atoms with Crippen LogP contribution in [0.1, 0.15) is 38.5 Å². The quantitative estimate of drug-likeness (QED) is 0.0382. The fourth-order valence-corrected chi connectivity index (χ4v) is 2.99. The summed E-state index contributed by atoms with van der Waals surface area (Å²) >= 11 is 0. The predicted octanol–water partition coefficient (Wildman–Crippen LogP) is -5.97. The fourth-order valence-electron chi connectivity index (χ4n) is 2.99. The minimum absolute atomic E-state index is 0. The lowest BCUT2D eigenvalue weighted by molar-refractivity contribution is -0.250. The Morgan fingerprint density at radius 2 is 0.939 bits per heavy atom. The van der Waals surface area contributed by atoms with Crippen molar-refractivity contribution in [2.24, 2.45) is 0 Å². The number of hydrogen-bond acceptors (Lipinski definition) is 14. The summed E-state index contributed by atoms with van der Waals surface area (Å²) in [6.07, 6.45) is -19.5. The third-order valence-corrected chi connectivity index (χ3v) is 5.16. The maximum absolute atomic E-state index is 10.9. The van der Waals surface area contributed by atoms with E-state index in [2.05, 4.69) is 4.89 Å². The monoisotopic (exact) mass is 502 g/mol. The van der Waals surface area contributed by atoms with Crippen LogP contribution in [0.5, 0.6) is 0 Å². The normalized spacial score (nSPS) is 20.8. The zero-order valence-corrected chi connectivity index (χ0v) is 17.4. The number of carbonyl (C=O) groups excluding carboxylic acids is 1. The number of aliphatic hydroxyl groups excluding tert-OH is 11. The number of rotatable bonds is 17. The summed E-state index contributed by atoms with van der Waals surface area (Å²) in [6, 6.07) is 0. The molecular formula is C18H38MgO14. The lowest BCUT2D eigenvalue weighted by Crippen LogP contribution is -2.58. The van der Waals surface area contributed by atoms with Crippen molar-refractivity contribution in [2.75, 3.05) is 6.61 Å². The summed E-state index contributed by atoms with van der Waals surface area (Å²) in [5, 5.41) is 115. The number of aliphatic hydroxyl groups is 11. The Bertz CT molecular complexity index is 515. The SMILES string of the molecule is O=C(OO)C(O)C(O)C(O)C(O)C(O)C(O)C(O)C(O)C(O)C(O)CCCCCCCO.[MgH2]. The van der Waals surface area contributed by atoms with Crippen molar-refractivity contribution < 1.29 is 71.1 Å². The molecule has 0 bridgehead atoms. The Hall–Kier alpha value is -0.244. The Balaban J connectivity index is 0. The summed E-state index contributed by atoms with van der Waals surface area (Å²) in [5.41, 5.74) is 0. The maximum Gasteiger partial charge on any atom is 0.373 e. The summed E-state index contributed by atoms with van der Waals surface area (Å²) < 4.78 is 0. The van der Waals surface area contributed by atoms with Crippen molar-refractivity contribution in [3.8, 4) is 0 Å². The van der Waals surface area contributed by atoms with E-state index in [-0.39, 0.29) is 36.1 Å². The number of unbranched alkanes of at least 4 members (excludes halogenated alkanes) is 4. The van der Waals surface area contributed by atoms with Gasteiger partial charge in [0.1, 0.15) is 48.8 Å². The van der Waals surface area contributed by atoms with Gasteiger partial charge in [0.05, 0.1) is 6.10 Å². The van der Waals surface area contributed by atoms with Gasteiger partial charge in [0.2, 0.25) is 0 Å². The van der Waals surface area contributed by atoms with E-state index in [0.29, 0.717) is 19.3 Å². The summed E-state index contributed by atoms with van der Waals surface area (Å²) in [4.78, 5) is 14.1. The molecule has 0 aromatic heterocycles. The first kappa shape index (κ1) is 34.9. The third-order valence-electron chi connectivity index (χ3n) is 5.16. The molecule has 0 amide bonds. The van der Waals surface area contributed by atoms with Crippen LogP contribution in [0.15, 0.2) is 0 Å². The Labute approximate surface area is 206 Å². The standard InChI is InChI=1S/C18H36O14.Mg.2H/c19-7-5-3-1-2-4-6-8(20)9(21)10(22)11(23)12(24)13(25)14(26)15(27)16(28)17(29)18(30)32-31;;;/h8-17,19-29,31H,1-7H2;;;. The van der Waals surface area contributed by atoms with Gasteiger partial charge in [0.15, 0.2) is 6.10 Å². The minimum atomic E-state index is -2.54. The molecule has 15 heteroatoms. The summed E-state index contributed by atoms with van der Waals surface area (Å²) in [5.74, 6) is -1.79. The molecule has 0 saturated heterocycles. The van der Waals surface area contributed by atoms with Gasteiger partial charge >= 0.3 is 29.0 Å². The molecule has 0 spiro atoms. The van der Waals surface area contributed by atoms with Gasteiger partial charge in [0, 0.05) is 6.61 Å². The van der Waals surface area contributed by atoms with E-state index in [9.17, 15) is 55.9 Å². The molecule has 0 radical (unpaired) electrons. The predicted molar refractivity (Wildman–Crippen MR) is 112 cm³/mol. The molecule has 0 heterocycles. The first-order valence-corrected chi connectivity index (χ1v) is 10.2. The van der Waals surface area contributed by atoms with E-state index < -0.39 is 67.0 Å². The highest BCUT2D eigenvalue weighted by Crippen LogP contribution is 2.18. The smallest absolute Gasteiger partial charge is 0.373 e. The molecule has 196 valence electrons. The lowest BCUT2D eigenvalue weighted by atomic mass is 9.90. The molecular weight excluding hydrogens is 464 g/mol. The molecule has 10 atom stereocenters. The van der Waals surface area contributed by atoms with Gasteiger partial charge in [-0.1, -0.05) is 25.7 Å². The van der Waals surface area contributed by atoms with Crippen LogP contribution in [0.3, 0.4) is 0 Å². The van der Waals surface area contributed by atoms with Crippen molar-refractivity contribution in [1.29, 1.82) is 0 Å². The van der Waals surface area contributed by atoms with Crippen LogP contribution in [0.25, 0.3) is 0 Å². The molecule has 0 aliphatic carbocycles. The van der Waals surface area contributed by atoms with Crippen LogP contribution in [0.2, 0.25) is 0 Å². The second kappa shape index (κ2) is 18.1. The Kier molecular flexibility index (Phi) is 19.1. The highest BCUT2D eigenvalue weighted by Gasteiger charge is 2.44. The molecule has 0 aliphatic rings. The number of hydrogen-bond donors (Lipinski definition) is 12. The van der Waals surface area contributed by atoms with Crippen LogP contribution in [0.4, 0.5) is 0 Å². The van der Waals surface area contributed by atoms with Gasteiger partial charge < -0.3 is 56.2 Å². The van der Waals surface area contributed by atoms with Gasteiger partial charge in [-0.25, -0.2) is 4.79 Å². The molecule has 0 aromatic carbocycles. The topological polar surface area (TPSA) is 269 Å². The average Bonchev–Trinajstić information content (AvgIpc) is 2.80. The van der Waals surface area contributed by atoms with E-state index in [4.69, 9.17) is 10.4 Å². The summed E-state index contributed by atoms with van der Waals surface area (Å²) in [6.45, 7) is 0.0695. The van der Waals surface area contributed by atoms with Gasteiger partial charge in [0.25, 0.3) is 0 Å². The van der Waals surface area contributed by atoms with Crippen LogP contribution in [0, 0.1) is 0 Å². The highest BCUT2D eigenvalue weighted by atomic mass is 24.3. The third kappa shape index (κ3) is 11.4. The van der Waals surface area contributed by atoms with E-state index in [0.717, 1.165) is 12.8 Å². The molecule has 33 heavy (non-hydrogen) atoms. The van der Waals surface area contributed by atoms with Crippen LogP contribution < -0.4 is 0 Å². The first-order chi connectivity index (χ1) is 14.9. The van der Waals surface area contributed by atoms with Crippen molar-refractivity contribution in [3.63, 3.8) is 0 Å². The van der Waals surface area contributed by atoms with Crippen LogP contribution in [-0.4, -0.2) is 158 Å². The Morgan fingerprint density at radius 1 is 0.576 bits per heavy atom. The average molecular weight is 503 g/mol. The van der Waals surface area contributed by atoms with Crippen molar-refractivity contribution in [3.05, 3.63) is 0 Å². The Morgan fingerprint density at radius 3 is 1.36 bits per heavy atom. The molecule has 14 nitrogen and oxygen atoms in total. The van der Waals surface area contributed by atoms with E-state index >= 15 is 0 Å². The van der Waals surface area contributed by atoms with Crippen LogP contribution in [-0.2, 0) is 9.68 Å². The second-order valence-corrected chi connectivity index (χ2v) is 7.63. The van der Waals surface area contributed by atoms with Crippen LogP contribution >= 0.6 is 0 Å². The molecule has 0 rings (SSSR count). The molecule has 12 N–H and O–H groups in total. The first-order valence-electron chi connectivity index (χ1n) is 10.2. The molecule has 0 aromatic rings. The number of carbonyl (C=O) groups is 1. The summed E-state index contributed by atoms with van der Waals surface area (Å²) in [7, 11) is 0. The van der Waals surface area contributed by atoms with Gasteiger partial charge in [-0.2, -0.15) is 5.26 Å². The van der Waals surface area contributed by atoms with Gasteiger partial charge in [-0.15, -0.1) is 0 Å². The molecule has 10 unspecified atom stereocenters. The highest BCUT2D eigenvalue weighted by molar-refractivity contribution is 5.75. The fraction of sp³-hybridized carbons (Fsp3) is 0.944. The maximum atomic E-state index is 10.9. The second-order valence-electron chi connectivity index (χ2n) is 7.63. The molecule has 0 saturated carbocycles. The van der Waals surface area contributed by atoms with Gasteiger partial charge in [-0.3, -0.25) is 4.89 Å². The molecule has 0 fully saturated rings. The lowest BCUT2D eigenvalue weighted by Gasteiger charge is -2.34.